The van der Waals surface area contributed by atoms with Crippen molar-refractivity contribution in [2.75, 3.05) is 26.9 Å². The number of amides is 2. The van der Waals surface area contributed by atoms with E-state index in [1.165, 1.54) is 19.2 Å². The van der Waals surface area contributed by atoms with Crippen LogP contribution in [0.5, 0.6) is 5.75 Å². The summed E-state index contributed by atoms with van der Waals surface area (Å²) in [6.07, 6.45) is 0.681. The Hall–Kier alpha value is -3.72. The summed E-state index contributed by atoms with van der Waals surface area (Å²) in [7, 11) is 1.41. The van der Waals surface area contributed by atoms with E-state index in [1.54, 1.807) is 11.0 Å². The lowest BCUT2D eigenvalue weighted by atomic mass is 9.92. The maximum atomic E-state index is 14.3. The third kappa shape index (κ3) is 5.11. The first-order valence-corrected chi connectivity index (χ1v) is 12.0. The first-order chi connectivity index (χ1) is 17.3. The Kier molecular flexibility index (Phi) is 7.69. The number of carbonyl (C=O) groups excluding carboxylic acids is 1. The average Bonchev–Trinajstić information content (AvgIpc) is 3.34. The van der Waals surface area contributed by atoms with E-state index < -0.39 is 11.9 Å². The minimum atomic E-state index is -0.518. The molecule has 1 atom stereocenters. The first kappa shape index (κ1) is 25.4. The molecule has 0 spiro atoms. The molecule has 190 valence electrons. The lowest BCUT2D eigenvalue weighted by Gasteiger charge is -2.35. The Morgan fingerprint density at radius 1 is 1.14 bits per heavy atom. The van der Waals surface area contributed by atoms with E-state index in [4.69, 9.17) is 14.0 Å². The molecule has 1 aliphatic rings. The highest BCUT2D eigenvalue weighted by atomic mass is 19.1. The molecule has 2 heterocycles. The number of rotatable bonds is 9. The molecule has 4 rings (SSSR count). The van der Waals surface area contributed by atoms with E-state index >= 15 is 0 Å². The molecule has 0 saturated carbocycles. The molecule has 1 aromatic heterocycles. The summed E-state index contributed by atoms with van der Waals surface area (Å²) in [6, 6.07) is 9.87. The van der Waals surface area contributed by atoms with Gasteiger partial charge in [0.05, 0.1) is 18.7 Å². The summed E-state index contributed by atoms with van der Waals surface area (Å²) in [5.41, 5.74) is 5.04. The van der Waals surface area contributed by atoms with E-state index in [0.717, 1.165) is 22.4 Å². The van der Waals surface area contributed by atoms with E-state index in [0.29, 0.717) is 37.3 Å². The fourth-order valence-corrected chi connectivity index (χ4v) is 4.25. The number of hydrogen-bond acceptors (Lipinski definition) is 6. The van der Waals surface area contributed by atoms with Crippen LogP contribution in [0.1, 0.15) is 48.9 Å². The standard InChI is InChI=1S/C27H31FN4O4/c1-6-35-13-7-12-32-18(4)23(24(29-27(32)33)19-9-8-16(2)17(3)14-19)26-30-25(31-36-26)20-10-11-22(34-5)21(28)15-20/h8-11,14-15,24H,6-7,12-13H2,1-5H3,(H,29,33). The van der Waals surface area contributed by atoms with Crippen molar-refractivity contribution in [2.45, 2.75) is 40.2 Å². The minimum absolute atomic E-state index is 0.133. The molecule has 1 unspecified atom stereocenters. The number of hydrogen-bond donors (Lipinski definition) is 1. The molecule has 2 amide bonds. The van der Waals surface area contributed by atoms with Gasteiger partial charge in [0.1, 0.15) is 0 Å². The Labute approximate surface area is 210 Å². The number of nitrogens with one attached hydrogen (secondary N) is 1. The predicted molar refractivity (Wildman–Crippen MR) is 134 cm³/mol. The molecular formula is C27H31FN4O4. The van der Waals surface area contributed by atoms with Crippen LogP contribution in [0.15, 0.2) is 46.6 Å². The van der Waals surface area contributed by atoms with Crippen molar-refractivity contribution in [3.8, 4) is 17.1 Å². The van der Waals surface area contributed by atoms with Crippen LogP contribution >= 0.6 is 0 Å². The van der Waals surface area contributed by atoms with Crippen molar-refractivity contribution in [3.63, 3.8) is 0 Å². The van der Waals surface area contributed by atoms with Gasteiger partial charge in [-0.2, -0.15) is 4.98 Å². The normalized spacial score (nSPS) is 15.9. The van der Waals surface area contributed by atoms with E-state index in [1.807, 2.05) is 39.8 Å². The van der Waals surface area contributed by atoms with Crippen LogP contribution in [-0.2, 0) is 4.74 Å². The van der Waals surface area contributed by atoms with Gasteiger partial charge in [0.25, 0.3) is 5.89 Å². The van der Waals surface area contributed by atoms with E-state index in [-0.39, 0.29) is 23.5 Å². The number of aryl methyl sites for hydroxylation is 2. The number of benzene rings is 2. The number of methoxy groups -OCH3 is 1. The van der Waals surface area contributed by atoms with Crippen molar-refractivity contribution >= 4 is 11.6 Å². The molecule has 8 nitrogen and oxygen atoms in total. The van der Waals surface area contributed by atoms with Crippen LogP contribution in [0, 0.1) is 19.7 Å². The molecule has 0 bridgehead atoms. The molecule has 1 N–H and O–H groups in total. The van der Waals surface area contributed by atoms with Crippen LogP contribution < -0.4 is 10.1 Å². The van der Waals surface area contributed by atoms with Crippen molar-refractivity contribution in [2.24, 2.45) is 0 Å². The van der Waals surface area contributed by atoms with Gasteiger partial charge in [-0.3, -0.25) is 4.90 Å². The number of nitrogens with zero attached hydrogens (tertiary/aromatic N) is 3. The summed E-state index contributed by atoms with van der Waals surface area (Å²) < 4.78 is 30.4. The summed E-state index contributed by atoms with van der Waals surface area (Å²) in [5.74, 6) is 0.117. The highest BCUT2D eigenvalue weighted by Gasteiger charge is 2.35. The third-order valence-electron chi connectivity index (χ3n) is 6.40. The Bertz CT molecular complexity index is 1290. The number of ether oxygens (including phenoxy) is 2. The molecular weight excluding hydrogens is 463 g/mol. The van der Waals surface area contributed by atoms with E-state index in [9.17, 15) is 9.18 Å². The molecule has 36 heavy (non-hydrogen) atoms. The molecule has 2 aromatic carbocycles. The Balaban J connectivity index is 1.75. The molecule has 3 aromatic rings. The van der Waals surface area contributed by atoms with Crippen molar-refractivity contribution in [1.29, 1.82) is 0 Å². The number of aromatic nitrogens is 2. The number of carbonyl (C=O) groups is 1. The zero-order valence-electron chi connectivity index (χ0n) is 21.2. The monoisotopic (exact) mass is 494 g/mol. The Morgan fingerprint density at radius 2 is 1.94 bits per heavy atom. The molecule has 1 aliphatic heterocycles. The highest BCUT2D eigenvalue weighted by Crippen LogP contribution is 2.38. The van der Waals surface area contributed by atoms with Gasteiger partial charge in [0, 0.05) is 31.0 Å². The summed E-state index contributed by atoms with van der Waals surface area (Å²) in [4.78, 5) is 19.4. The van der Waals surface area contributed by atoms with Gasteiger partial charge in [0.2, 0.25) is 5.82 Å². The van der Waals surface area contributed by atoms with Crippen molar-refractivity contribution < 1.29 is 23.2 Å². The molecule has 0 aliphatic carbocycles. The topological polar surface area (TPSA) is 89.7 Å². The lowest BCUT2D eigenvalue weighted by Crippen LogP contribution is -2.46. The lowest BCUT2D eigenvalue weighted by molar-refractivity contribution is 0.136. The van der Waals surface area contributed by atoms with Crippen LogP contribution in [0.4, 0.5) is 9.18 Å². The van der Waals surface area contributed by atoms with Gasteiger partial charge in [-0.25, -0.2) is 9.18 Å². The third-order valence-corrected chi connectivity index (χ3v) is 6.40. The molecule has 0 saturated heterocycles. The maximum Gasteiger partial charge on any atom is 0.322 e. The van der Waals surface area contributed by atoms with Crippen LogP contribution in [0.2, 0.25) is 0 Å². The second-order valence-electron chi connectivity index (χ2n) is 8.70. The maximum absolute atomic E-state index is 14.3. The second-order valence-corrected chi connectivity index (χ2v) is 8.70. The van der Waals surface area contributed by atoms with Crippen molar-refractivity contribution in [3.05, 3.63) is 70.5 Å². The number of urea groups is 1. The zero-order valence-corrected chi connectivity index (χ0v) is 21.2. The van der Waals surface area contributed by atoms with Gasteiger partial charge in [-0.1, -0.05) is 23.4 Å². The smallest absolute Gasteiger partial charge is 0.322 e. The fourth-order valence-electron chi connectivity index (χ4n) is 4.25. The number of halogens is 1. The minimum Gasteiger partial charge on any atom is -0.494 e. The molecule has 0 fully saturated rings. The highest BCUT2D eigenvalue weighted by molar-refractivity contribution is 5.87. The predicted octanol–water partition coefficient (Wildman–Crippen LogP) is 5.43. The van der Waals surface area contributed by atoms with Crippen LogP contribution in [-0.4, -0.2) is 47.9 Å². The summed E-state index contributed by atoms with van der Waals surface area (Å²) >= 11 is 0. The van der Waals surface area contributed by atoms with Gasteiger partial charge in [0.15, 0.2) is 11.6 Å². The summed E-state index contributed by atoms with van der Waals surface area (Å²) in [5, 5.41) is 7.21. The van der Waals surface area contributed by atoms with Gasteiger partial charge >= 0.3 is 6.03 Å². The van der Waals surface area contributed by atoms with Crippen molar-refractivity contribution in [1.82, 2.24) is 20.4 Å². The first-order valence-electron chi connectivity index (χ1n) is 12.0. The van der Waals surface area contributed by atoms with Gasteiger partial charge < -0.3 is 19.3 Å². The summed E-state index contributed by atoms with van der Waals surface area (Å²) in [6.45, 7) is 9.54. The average molecular weight is 495 g/mol. The quantitative estimate of drug-likeness (QED) is 0.399. The fraction of sp³-hybridized carbons (Fsp3) is 0.370. The number of allylic oxidation sites excluding steroid dienone is 1. The van der Waals surface area contributed by atoms with Crippen LogP contribution in [0.3, 0.4) is 0 Å². The van der Waals surface area contributed by atoms with Gasteiger partial charge in [-0.15, -0.1) is 0 Å². The molecule has 9 heteroatoms. The van der Waals surface area contributed by atoms with E-state index in [2.05, 4.69) is 21.5 Å². The second kappa shape index (κ2) is 10.9. The molecule has 0 radical (unpaired) electrons. The van der Waals surface area contributed by atoms with Gasteiger partial charge in [-0.05, 0) is 69.0 Å². The SMILES string of the molecule is CCOCCCN1C(=O)NC(c2ccc(C)c(C)c2)C(c2nc(-c3ccc(OC)c(F)c3)no2)=C1C. The largest absolute Gasteiger partial charge is 0.494 e. The zero-order chi connectivity index (χ0) is 25.8. The Morgan fingerprint density at radius 3 is 2.64 bits per heavy atom. The van der Waals surface area contributed by atoms with Crippen LogP contribution in [0.25, 0.3) is 17.0 Å².